The Morgan fingerprint density at radius 2 is 1.25 bits per heavy atom. The zero-order valence-corrected chi connectivity index (χ0v) is 16.5. The maximum atomic E-state index is 8.53. The predicted molar refractivity (Wildman–Crippen MR) is 46.9 cm³/mol. The summed E-state index contributed by atoms with van der Waals surface area (Å²) in [5.74, 6) is 0. The molecule has 1 rings (SSSR count). The minimum absolute atomic E-state index is 0. The minimum atomic E-state index is -2.19. The van der Waals surface area contributed by atoms with E-state index in [4.69, 9.17) is 15.8 Å². The summed E-state index contributed by atoms with van der Waals surface area (Å²) in [4.78, 5) is 0. The van der Waals surface area contributed by atoms with Crippen molar-refractivity contribution < 1.29 is 15.8 Å². The topological polar surface area (TPSA) is 80.3 Å². The molecule has 4 nitrogen and oxygen atoms in total. The van der Waals surface area contributed by atoms with Gasteiger partial charge in [-0.15, -0.1) is 0 Å². The van der Waals surface area contributed by atoms with Gasteiger partial charge in [0.05, 0.1) is 0 Å². The molecule has 0 saturated carbocycles. The van der Waals surface area contributed by atoms with E-state index in [0.29, 0.717) is 0 Å². The van der Waals surface area contributed by atoms with Crippen LogP contribution in [0.3, 0.4) is 0 Å². The molecule has 8 heteroatoms. The molecule has 0 N–H and O–H groups in total. The molecular weight excluding hydrogens is 367 g/mol. The van der Waals surface area contributed by atoms with E-state index in [1.807, 2.05) is 0 Å². The van der Waals surface area contributed by atoms with Crippen LogP contribution < -0.4 is 8.27 Å². The molecule has 1 heterocycles. The Hall–Kier alpha value is 1.66. The van der Waals surface area contributed by atoms with Crippen molar-refractivity contribution in [3.05, 3.63) is 21.4 Å². The Morgan fingerprint density at radius 3 is 1.33 bits per heavy atom. The van der Waals surface area contributed by atoms with Crippen LogP contribution in [-0.4, -0.2) is 86.6 Å². The van der Waals surface area contributed by atoms with E-state index in [2.05, 4.69) is 21.4 Å². The number of allylic oxidation sites excluding steroid dienone is 2. The maximum absolute atomic E-state index is 8.53. The Balaban J connectivity index is -0.000000104. The monoisotopic (exact) mass is 376 g/mol. The van der Waals surface area contributed by atoms with Crippen LogP contribution >= 0.6 is 0 Å². The van der Waals surface area contributed by atoms with Crippen molar-refractivity contribution in [2.45, 2.75) is 0 Å². The summed E-state index contributed by atoms with van der Waals surface area (Å²) in [7, 11) is 0. The molecule has 0 saturated heterocycles. The van der Waals surface area contributed by atoms with Crippen molar-refractivity contribution in [1.82, 2.24) is 0 Å². The van der Waals surface area contributed by atoms with Crippen LogP contribution in [-0.2, 0) is 7.56 Å². The number of hydrogen-bond donors (Lipinski definition) is 0. The van der Waals surface area contributed by atoms with Gasteiger partial charge in [-0.25, -0.2) is 0 Å². The summed E-state index contributed by atoms with van der Waals surface area (Å²) in [6, 6.07) is 0. The van der Waals surface area contributed by atoms with E-state index >= 15 is 0 Å². The van der Waals surface area contributed by atoms with Gasteiger partial charge in [-0.1, -0.05) is 0 Å². The molecule has 0 aromatic rings. The molecule has 0 atom stereocenters. The predicted octanol–water partition coefficient (Wildman–Crippen LogP) is -3.83. The molecule has 0 radical (unpaired) electrons. The molecule has 0 fully saturated rings. The molecule has 1 aliphatic heterocycles. The molecule has 0 aliphatic carbocycles. The van der Waals surface area contributed by atoms with Crippen LogP contribution in [0, 0.1) is 0 Å². The van der Waals surface area contributed by atoms with Gasteiger partial charge >= 0.3 is 124 Å². The molecule has 0 bridgehead atoms. The fourth-order valence-electron chi connectivity index (χ4n) is 0.393. The molecule has 0 spiro atoms. The van der Waals surface area contributed by atoms with Gasteiger partial charge in [-0.2, -0.15) is 0 Å². The Kier molecular flexibility index (Phi) is 36.9. The molecule has 60 valence electrons. The molecule has 1 aliphatic rings. The Labute approximate surface area is 122 Å². The molecular formula is C4H7CaGaGe2O4. The van der Waals surface area contributed by atoms with Crippen LogP contribution in [0.2, 0.25) is 0 Å². The van der Waals surface area contributed by atoms with E-state index in [0.717, 1.165) is 0 Å². The quantitative estimate of drug-likeness (QED) is 0.407. The second-order valence-electron chi connectivity index (χ2n) is 1.28. The van der Waals surface area contributed by atoms with Crippen LogP contribution in [0.25, 0.3) is 0 Å². The van der Waals surface area contributed by atoms with Gasteiger partial charge in [0.25, 0.3) is 0 Å². The molecule has 0 aromatic carbocycles. The van der Waals surface area contributed by atoms with Gasteiger partial charge in [-0.05, 0) is 0 Å². The van der Waals surface area contributed by atoms with Gasteiger partial charge in [0.2, 0.25) is 0 Å². The van der Waals surface area contributed by atoms with E-state index in [9.17, 15) is 0 Å². The number of hydrogen-bond acceptors (Lipinski definition) is 4. The average Bonchev–Trinajstić information content (AvgIpc) is 2.44. The SMILES string of the molecule is C1=[CH][GaH][CH]=C1.[Ca+2].[O]=[GeH][O-].[O]=[GeH][O-]. The van der Waals surface area contributed by atoms with Gasteiger partial charge in [0, 0.05) is 0 Å². The van der Waals surface area contributed by atoms with Crippen LogP contribution in [0.5, 0.6) is 0 Å². The molecule has 12 heavy (non-hydrogen) atoms. The molecule has 0 amide bonds. The van der Waals surface area contributed by atoms with Gasteiger partial charge in [0.15, 0.2) is 0 Å². The third-order valence-corrected chi connectivity index (χ3v) is 2.94. The molecule has 0 unspecified atom stereocenters. The van der Waals surface area contributed by atoms with Crippen LogP contribution in [0.15, 0.2) is 21.4 Å². The average molecular weight is 374 g/mol. The van der Waals surface area contributed by atoms with Gasteiger partial charge < -0.3 is 0 Å². The number of rotatable bonds is 0. The summed E-state index contributed by atoms with van der Waals surface area (Å²) >= 11 is -4.53. The Bertz CT molecular complexity index is 136. The van der Waals surface area contributed by atoms with E-state index in [-0.39, 0.29) is 55.1 Å². The summed E-state index contributed by atoms with van der Waals surface area (Å²) in [6.07, 6.45) is 4.28. The first-order valence-corrected chi connectivity index (χ1v) is 10.1. The summed E-state index contributed by atoms with van der Waals surface area (Å²) in [6.45, 7) is 0. The van der Waals surface area contributed by atoms with E-state index < -0.39 is 31.4 Å². The van der Waals surface area contributed by atoms with Crippen molar-refractivity contribution in [1.29, 1.82) is 0 Å². The zero-order chi connectivity index (χ0) is 8.95. The first-order chi connectivity index (χ1) is 5.33. The van der Waals surface area contributed by atoms with Crippen LogP contribution in [0.1, 0.15) is 0 Å². The zero-order valence-electron chi connectivity index (χ0n) is 6.51. The summed E-state index contributed by atoms with van der Waals surface area (Å²) in [5, 5.41) is 0. The fraction of sp³-hybridized carbons (Fsp3) is 0. The third kappa shape index (κ3) is 29.9. The fourth-order valence-corrected chi connectivity index (χ4v) is 2.04. The first-order valence-electron chi connectivity index (χ1n) is 2.76. The second-order valence-corrected chi connectivity index (χ2v) is 5.06. The van der Waals surface area contributed by atoms with Crippen molar-refractivity contribution in [2.24, 2.45) is 0 Å². The van der Waals surface area contributed by atoms with Crippen LogP contribution in [0.4, 0.5) is 0 Å². The standard InChI is InChI=1S/C4H4.Ca.Ga.2GeHO2.H/c1-3-4-2;;;2*2-1-3;/h1-4H;;;2*1H;/q;+2;;2*-1;. The summed E-state index contributed by atoms with van der Waals surface area (Å²) in [5.41, 5.74) is 0. The second kappa shape index (κ2) is 23.0. The van der Waals surface area contributed by atoms with Gasteiger partial charge in [0.1, 0.15) is 0 Å². The summed E-state index contributed by atoms with van der Waals surface area (Å²) < 4.78 is 38.8. The Morgan fingerprint density at radius 1 is 1.00 bits per heavy atom. The van der Waals surface area contributed by atoms with Crippen molar-refractivity contribution in [3.8, 4) is 0 Å². The van der Waals surface area contributed by atoms with E-state index in [1.165, 1.54) is 0 Å². The van der Waals surface area contributed by atoms with Crippen molar-refractivity contribution >= 4 is 86.6 Å². The van der Waals surface area contributed by atoms with E-state index in [1.54, 1.807) is 0 Å². The third-order valence-electron chi connectivity index (χ3n) is 0.655. The van der Waals surface area contributed by atoms with Gasteiger partial charge in [-0.3, -0.25) is 0 Å². The van der Waals surface area contributed by atoms with Crippen molar-refractivity contribution in [3.63, 3.8) is 0 Å². The van der Waals surface area contributed by atoms with Crippen molar-refractivity contribution in [2.75, 3.05) is 0 Å². The molecule has 0 aromatic heterocycles. The first kappa shape index (κ1) is 19.3. The normalized spacial score (nSPS) is 8.67.